The summed E-state index contributed by atoms with van der Waals surface area (Å²) in [5.41, 5.74) is 8.50. The van der Waals surface area contributed by atoms with Crippen LogP contribution in [0, 0.1) is 0 Å². The van der Waals surface area contributed by atoms with Crippen LogP contribution in [0.1, 0.15) is 29.7 Å². The molecule has 92 valence electrons. The van der Waals surface area contributed by atoms with E-state index in [1.165, 1.54) is 5.56 Å². The molecule has 0 amide bonds. The normalized spacial score (nSPS) is 22.1. The molecule has 0 fully saturated rings. The molecule has 0 spiro atoms. The summed E-state index contributed by atoms with van der Waals surface area (Å²) in [6.07, 6.45) is 0.864. The molecule has 1 heterocycles. The van der Waals surface area contributed by atoms with Gasteiger partial charge in [-0.15, -0.1) is 0 Å². The number of hydrogen-bond donors (Lipinski definition) is 1. The van der Waals surface area contributed by atoms with Crippen LogP contribution < -0.4 is 10.5 Å². The third kappa shape index (κ3) is 2.16. The molecule has 2 aromatic rings. The Balaban J connectivity index is 1.95. The predicted molar refractivity (Wildman–Crippen MR) is 75.5 cm³/mol. The van der Waals surface area contributed by atoms with Gasteiger partial charge in [-0.05, 0) is 23.8 Å². The first kappa shape index (κ1) is 11.8. The zero-order chi connectivity index (χ0) is 12.5. The summed E-state index contributed by atoms with van der Waals surface area (Å²) in [4.78, 5) is 0. The van der Waals surface area contributed by atoms with Crippen molar-refractivity contribution >= 4 is 15.9 Å². The molecule has 0 aromatic heterocycles. The van der Waals surface area contributed by atoms with Crippen molar-refractivity contribution in [3.63, 3.8) is 0 Å². The van der Waals surface area contributed by atoms with Gasteiger partial charge in [-0.1, -0.05) is 46.3 Å². The minimum absolute atomic E-state index is 0.0245. The Labute approximate surface area is 115 Å². The van der Waals surface area contributed by atoms with Gasteiger partial charge in [0.15, 0.2) is 0 Å². The minimum atomic E-state index is 0.0245. The first-order valence-corrected chi connectivity index (χ1v) is 6.80. The lowest BCUT2D eigenvalue weighted by atomic mass is 9.94. The predicted octanol–water partition coefficient (Wildman–Crippen LogP) is 3.97. The number of nitrogens with two attached hydrogens (primary N) is 1. The summed E-state index contributed by atoms with van der Waals surface area (Å²) in [6, 6.07) is 16.3. The number of benzene rings is 2. The van der Waals surface area contributed by atoms with Crippen LogP contribution in [-0.4, -0.2) is 0 Å². The van der Waals surface area contributed by atoms with Crippen LogP contribution in [0.25, 0.3) is 0 Å². The number of halogens is 1. The topological polar surface area (TPSA) is 35.2 Å². The fourth-order valence-electron chi connectivity index (χ4n) is 2.35. The van der Waals surface area contributed by atoms with Crippen molar-refractivity contribution in [2.75, 3.05) is 0 Å². The number of hydrogen-bond acceptors (Lipinski definition) is 2. The van der Waals surface area contributed by atoms with Crippen molar-refractivity contribution in [2.45, 2.75) is 18.6 Å². The lowest BCUT2D eigenvalue weighted by Gasteiger charge is -2.30. The second kappa shape index (κ2) is 4.75. The van der Waals surface area contributed by atoms with Crippen LogP contribution in [0.5, 0.6) is 5.75 Å². The summed E-state index contributed by atoms with van der Waals surface area (Å²) in [5.74, 6) is 0.894. The van der Waals surface area contributed by atoms with Crippen LogP contribution in [0.3, 0.4) is 0 Å². The van der Waals surface area contributed by atoms with E-state index in [4.69, 9.17) is 10.5 Å². The van der Waals surface area contributed by atoms with Gasteiger partial charge in [-0.2, -0.15) is 0 Å². The van der Waals surface area contributed by atoms with Gasteiger partial charge in [-0.3, -0.25) is 0 Å². The monoisotopic (exact) mass is 303 g/mol. The standard InChI is InChI=1S/C15H14BrNO/c16-11-6-7-14-12(8-11)13(17)9-15(18-14)10-4-2-1-3-5-10/h1-8,13,15H,9,17H2/t13-,15?/m1/s1. The smallest absolute Gasteiger partial charge is 0.126 e. The molecule has 2 N–H and O–H groups in total. The van der Waals surface area contributed by atoms with E-state index < -0.39 is 0 Å². The minimum Gasteiger partial charge on any atom is -0.485 e. The molecule has 1 aliphatic rings. The lowest BCUT2D eigenvalue weighted by Crippen LogP contribution is -2.24. The maximum absolute atomic E-state index is 6.24. The molecule has 3 rings (SSSR count). The second-order valence-corrected chi connectivity index (χ2v) is 5.46. The number of fused-ring (bicyclic) bond motifs is 1. The van der Waals surface area contributed by atoms with Gasteiger partial charge in [0.1, 0.15) is 11.9 Å². The van der Waals surface area contributed by atoms with E-state index >= 15 is 0 Å². The van der Waals surface area contributed by atoms with Crippen LogP contribution in [0.2, 0.25) is 0 Å². The van der Waals surface area contributed by atoms with E-state index in [2.05, 4.69) is 28.1 Å². The molecule has 2 atom stereocenters. The molecular weight excluding hydrogens is 290 g/mol. The van der Waals surface area contributed by atoms with Gasteiger partial charge < -0.3 is 10.5 Å². The summed E-state index contributed by atoms with van der Waals surface area (Å²) in [6.45, 7) is 0. The maximum atomic E-state index is 6.24. The van der Waals surface area contributed by atoms with Gasteiger partial charge >= 0.3 is 0 Å². The van der Waals surface area contributed by atoms with E-state index in [0.717, 1.165) is 22.2 Å². The Morgan fingerprint density at radius 1 is 1.11 bits per heavy atom. The first-order valence-electron chi connectivity index (χ1n) is 6.00. The average molecular weight is 304 g/mol. The second-order valence-electron chi connectivity index (χ2n) is 4.54. The van der Waals surface area contributed by atoms with Crippen LogP contribution in [-0.2, 0) is 0 Å². The molecule has 0 aliphatic carbocycles. The van der Waals surface area contributed by atoms with Crippen LogP contribution in [0.4, 0.5) is 0 Å². The Hall–Kier alpha value is -1.32. The highest BCUT2D eigenvalue weighted by Gasteiger charge is 2.26. The van der Waals surface area contributed by atoms with Crippen molar-refractivity contribution in [3.05, 3.63) is 64.1 Å². The summed E-state index contributed by atoms with van der Waals surface area (Å²) >= 11 is 3.47. The van der Waals surface area contributed by atoms with Crippen LogP contribution >= 0.6 is 15.9 Å². The molecule has 0 bridgehead atoms. The molecule has 0 saturated carbocycles. The van der Waals surface area contributed by atoms with Crippen LogP contribution in [0.15, 0.2) is 53.0 Å². The first-order chi connectivity index (χ1) is 8.74. The zero-order valence-electron chi connectivity index (χ0n) is 9.84. The Morgan fingerprint density at radius 3 is 2.67 bits per heavy atom. The van der Waals surface area contributed by atoms with E-state index in [1.54, 1.807) is 0 Å². The molecule has 2 nitrogen and oxygen atoms in total. The average Bonchev–Trinajstić information content (AvgIpc) is 2.40. The molecule has 1 unspecified atom stereocenters. The van der Waals surface area contributed by atoms with E-state index in [0.29, 0.717) is 0 Å². The van der Waals surface area contributed by atoms with Crippen molar-refractivity contribution in [1.82, 2.24) is 0 Å². The van der Waals surface area contributed by atoms with E-state index in [9.17, 15) is 0 Å². The van der Waals surface area contributed by atoms with Crippen molar-refractivity contribution < 1.29 is 4.74 Å². The molecule has 0 saturated heterocycles. The van der Waals surface area contributed by atoms with E-state index in [-0.39, 0.29) is 12.1 Å². The Bertz CT molecular complexity index is 556. The van der Waals surface area contributed by atoms with Crippen molar-refractivity contribution in [2.24, 2.45) is 5.73 Å². The van der Waals surface area contributed by atoms with Gasteiger partial charge in [0, 0.05) is 22.5 Å². The zero-order valence-corrected chi connectivity index (χ0v) is 11.4. The third-order valence-corrected chi connectivity index (χ3v) is 3.77. The molecule has 0 radical (unpaired) electrons. The summed E-state index contributed by atoms with van der Waals surface area (Å²) < 4.78 is 7.08. The van der Waals surface area contributed by atoms with Gasteiger partial charge in [0.2, 0.25) is 0 Å². The molecule has 1 aliphatic heterocycles. The van der Waals surface area contributed by atoms with Gasteiger partial charge in [0.05, 0.1) is 0 Å². The van der Waals surface area contributed by atoms with Gasteiger partial charge in [-0.25, -0.2) is 0 Å². The van der Waals surface area contributed by atoms with Crippen molar-refractivity contribution in [3.8, 4) is 5.75 Å². The summed E-state index contributed by atoms with van der Waals surface area (Å²) in [5, 5.41) is 0. The van der Waals surface area contributed by atoms with Crippen molar-refractivity contribution in [1.29, 1.82) is 0 Å². The fourth-order valence-corrected chi connectivity index (χ4v) is 2.73. The van der Waals surface area contributed by atoms with E-state index in [1.807, 2.05) is 36.4 Å². The molecule has 2 aromatic carbocycles. The largest absolute Gasteiger partial charge is 0.485 e. The summed E-state index contributed by atoms with van der Waals surface area (Å²) in [7, 11) is 0. The molecule has 3 heteroatoms. The highest BCUT2D eigenvalue weighted by molar-refractivity contribution is 9.10. The highest BCUT2D eigenvalue weighted by Crippen LogP contribution is 2.40. The quantitative estimate of drug-likeness (QED) is 0.865. The fraction of sp³-hybridized carbons (Fsp3) is 0.200. The Kier molecular flexibility index (Phi) is 3.10. The maximum Gasteiger partial charge on any atom is 0.126 e. The molecular formula is C15H14BrNO. The molecule has 18 heavy (non-hydrogen) atoms. The number of ether oxygens (including phenoxy) is 1. The SMILES string of the molecule is N[C@@H]1CC(c2ccccc2)Oc2ccc(Br)cc21. The third-order valence-electron chi connectivity index (χ3n) is 3.28. The lowest BCUT2D eigenvalue weighted by molar-refractivity contribution is 0.161. The highest BCUT2D eigenvalue weighted by atomic mass is 79.9. The number of rotatable bonds is 1. The van der Waals surface area contributed by atoms with Gasteiger partial charge in [0.25, 0.3) is 0 Å². The Morgan fingerprint density at radius 2 is 1.89 bits per heavy atom.